The van der Waals surface area contributed by atoms with Crippen LogP contribution in [0.2, 0.25) is 0 Å². The molecule has 1 atom stereocenters. The normalized spacial score (nSPS) is 12.3. The maximum Gasteiger partial charge on any atom is 0.348 e. The van der Waals surface area contributed by atoms with Gasteiger partial charge in [0.05, 0.1) is 7.11 Å². The summed E-state index contributed by atoms with van der Waals surface area (Å²) in [6.45, 7) is 4.23. The molecule has 1 aromatic carbocycles. The minimum atomic E-state index is -0.750. The number of nitrogens with two attached hydrogens (primary N) is 1. The third-order valence-electron chi connectivity index (χ3n) is 2.49. The number of ether oxygens (including phenoxy) is 2. The summed E-state index contributed by atoms with van der Waals surface area (Å²) in [6, 6.07) is 7.62. The summed E-state index contributed by atoms with van der Waals surface area (Å²) in [7, 11) is 1.32. The first-order valence-corrected chi connectivity index (χ1v) is 5.63. The number of hydrogen-bond donors (Lipinski definition) is 1. The highest BCUT2D eigenvalue weighted by atomic mass is 16.6. The Kier molecular flexibility index (Phi) is 4.97. The molecule has 0 fully saturated rings. The highest BCUT2D eigenvalue weighted by molar-refractivity contribution is 5.75. The fourth-order valence-corrected chi connectivity index (χ4v) is 1.54. The Morgan fingerprint density at radius 2 is 2.00 bits per heavy atom. The molecule has 4 heteroatoms. The fraction of sp³-hybridized carbons (Fsp3) is 0.462. The second kappa shape index (κ2) is 6.25. The summed E-state index contributed by atoms with van der Waals surface area (Å²) in [5.41, 5.74) is 6.55. The van der Waals surface area contributed by atoms with Crippen molar-refractivity contribution in [1.82, 2.24) is 0 Å². The first-order valence-electron chi connectivity index (χ1n) is 5.63. The first kappa shape index (κ1) is 13.5. The first-order chi connectivity index (χ1) is 8.10. The van der Waals surface area contributed by atoms with Gasteiger partial charge < -0.3 is 15.2 Å². The van der Waals surface area contributed by atoms with Crippen LogP contribution in [0.1, 0.15) is 25.3 Å². The molecule has 0 amide bonds. The van der Waals surface area contributed by atoms with Gasteiger partial charge in [0.15, 0.2) is 0 Å². The van der Waals surface area contributed by atoms with Gasteiger partial charge in [-0.05, 0) is 17.5 Å². The lowest BCUT2D eigenvalue weighted by molar-refractivity contribution is -0.148. The van der Waals surface area contributed by atoms with Crippen molar-refractivity contribution in [1.29, 1.82) is 0 Å². The van der Waals surface area contributed by atoms with Crippen LogP contribution in [0.5, 0.6) is 5.75 Å². The molecule has 0 spiro atoms. The molecule has 0 aliphatic carbocycles. The summed E-state index contributed by atoms with van der Waals surface area (Å²) < 4.78 is 10.2. The Morgan fingerprint density at radius 1 is 1.35 bits per heavy atom. The molecule has 0 saturated carbocycles. The molecular weight excluding hydrogens is 218 g/mol. The van der Waals surface area contributed by atoms with Gasteiger partial charge in [-0.3, -0.25) is 0 Å². The summed E-state index contributed by atoms with van der Waals surface area (Å²) in [5, 5.41) is 0. The van der Waals surface area contributed by atoms with Gasteiger partial charge in [0.1, 0.15) is 5.75 Å². The van der Waals surface area contributed by atoms with E-state index in [0.717, 1.165) is 5.56 Å². The van der Waals surface area contributed by atoms with Gasteiger partial charge in [0.2, 0.25) is 6.10 Å². The van der Waals surface area contributed by atoms with Crippen molar-refractivity contribution >= 4 is 5.97 Å². The Labute approximate surface area is 102 Å². The third kappa shape index (κ3) is 3.46. The average molecular weight is 237 g/mol. The van der Waals surface area contributed by atoms with Gasteiger partial charge in [0.25, 0.3) is 0 Å². The van der Waals surface area contributed by atoms with Crippen LogP contribution in [0.3, 0.4) is 0 Å². The number of rotatable bonds is 5. The smallest absolute Gasteiger partial charge is 0.348 e. The van der Waals surface area contributed by atoms with Crippen molar-refractivity contribution in [2.75, 3.05) is 13.7 Å². The average Bonchev–Trinajstić information content (AvgIpc) is 2.35. The van der Waals surface area contributed by atoms with E-state index in [-0.39, 0.29) is 6.54 Å². The van der Waals surface area contributed by atoms with Crippen LogP contribution in [-0.2, 0) is 9.53 Å². The third-order valence-corrected chi connectivity index (χ3v) is 2.49. The van der Waals surface area contributed by atoms with E-state index >= 15 is 0 Å². The van der Waals surface area contributed by atoms with Crippen molar-refractivity contribution in [3.63, 3.8) is 0 Å². The molecule has 0 aliphatic heterocycles. The molecule has 17 heavy (non-hydrogen) atoms. The second-order valence-electron chi connectivity index (χ2n) is 4.06. The number of benzene rings is 1. The van der Waals surface area contributed by atoms with Gasteiger partial charge >= 0.3 is 5.97 Å². The van der Waals surface area contributed by atoms with Gasteiger partial charge in [-0.15, -0.1) is 0 Å². The number of carbonyl (C=O) groups is 1. The van der Waals surface area contributed by atoms with E-state index in [0.29, 0.717) is 11.7 Å². The monoisotopic (exact) mass is 237 g/mol. The molecule has 1 unspecified atom stereocenters. The van der Waals surface area contributed by atoms with Crippen molar-refractivity contribution in [3.05, 3.63) is 29.8 Å². The molecular formula is C13H19NO3. The molecule has 1 aromatic rings. The predicted molar refractivity (Wildman–Crippen MR) is 66.0 cm³/mol. The number of para-hydroxylation sites is 1. The zero-order chi connectivity index (χ0) is 12.8. The van der Waals surface area contributed by atoms with Gasteiger partial charge in [0, 0.05) is 6.54 Å². The Hall–Kier alpha value is -1.55. The van der Waals surface area contributed by atoms with E-state index in [9.17, 15) is 4.79 Å². The highest BCUT2D eigenvalue weighted by Crippen LogP contribution is 2.26. The molecule has 0 radical (unpaired) electrons. The number of carbonyl (C=O) groups excluding carboxylic acids is 1. The fourth-order valence-electron chi connectivity index (χ4n) is 1.54. The zero-order valence-corrected chi connectivity index (χ0v) is 10.5. The van der Waals surface area contributed by atoms with E-state index in [4.69, 9.17) is 10.5 Å². The summed E-state index contributed by atoms with van der Waals surface area (Å²) in [4.78, 5) is 11.4. The second-order valence-corrected chi connectivity index (χ2v) is 4.06. The highest BCUT2D eigenvalue weighted by Gasteiger charge is 2.20. The maximum atomic E-state index is 11.4. The number of methoxy groups -OCH3 is 1. The molecule has 0 aliphatic rings. The molecule has 94 valence electrons. The standard InChI is InChI=1S/C13H19NO3/c1-9(2)10-6-4-5-7-11(10)17-12(8-14)13(15)16-3/h4-7,9,12H,8,14H2,1-3H3. The van der Waals surface area contributed by atoms with Gasteiger partial charge in [-0.25, -0.2) is 4.79 Å². The quantitative estimate of drug-likeness (QED) is 0.792. The van der Waals surface area contributed by atoms with Crippen LogP contribution in [0.25, 0.3) is 0 Å². The van der Waals surface area contributed by atoms with Crippen molar-refractivity contribution in [2.24, 2.45) is 5.73 Å². The largest absolute Gasteiger partial charge is 0.477 e. The SMILES string of the molecule is COC(=O)C(CN)Oc1ccccc1C(C)C. The van der Waals surface area contributed by atoms with Gasteiger partial charge in [-0.2, -0.15) is 0 Å². The zero-order valence-electron chi connectivity index (χ0n) is 10.5. The Balaban J connectivity index is 2.89. The Bertz CT molecular complexity index is 377. The van der Waals surface area contributed by atoms with E-state index in [1.165, 1.54) is 7.11 Å². The van der Waals surface area contributed by atoms with Crippen molar-refractivity contribution in [3.8, 4) is 5.75 Å². The van der Waals surface area contributed by atoms with Crippen LogP contribution in [0.4, 0.5) is 0 Å². The molecule has 1 rings (SSSR count). The van der Waals surface area contributed by atoms with Crippen LogP contribution in [0, 0.1) is 0 Å². The van der Waals surface area contributed by atoms with E-state index in [1.807, 2.05) is 24.3 Å². The van der Waals surface area contributed by atoms with E-state index in [2.05, 4.69) is 18.6 Å². The topological polar surface area (TPSA) is 61.5 Å². The minimum absolute atomic E-state index is 0.0963. The Morgan fingerprint density at radius 3 is 2.53 bits per heavy atom. The summed E-state index contributed by atoms with van der Waals surface area (Å²) >= 11 is 0. The molecule has 2 N–H and O–H groups in total. The molecule has 4 nitrogen and oxygen atoms in total. The molecule has 0 saturated heterocycles. The van der Waals surface area contributed by atoms with Crippen LogP contribution < -0.4 is 10.5 Å². The maximum absolute atomic E-state index is 11.4. The van der Waals surface area contributed by atoms with E-state index < -0.39 is 12.1 Å². The summed E-state index contributed by atoms with van der Waals surface area (Å²) in [6.07, 6.45) is -0.750. The minimum Gasteiger partial charge on any atom is -0.477 e. The van der Waals surface area contributed by atoms with Crippen LogP contribution >= 0.6 is 0 Å². The number of hydrogen-bond acceptors (Lipinski definition) is 4. The molecule has 0 bridgehead atoms. The van der Waals surface area contributed by atoms with E-state index in [1.54, 1.807) is 0 Å². The van der Waals surface area contributed by atoms with Crippen LogP contribution in [-0.4, -0.2) is 25.7 Å². The van der Waals surface area contributed by atoms with Crippen LogP contribution in [0.15, 0.2) is 24.3 Å². The number of esters is 1. The van der Waals surface area contributed by atoms with Crippen molar-refractivity contribution in [2.45, 2.75) is 25.9 Å². The lowest BCUT2D eigenvalue weighted by atomic mass is 10.0. The summed E-state index contributed by atoms with van der Waals surface area (Å²) in [5.74, 6) is 0.552. The van der Waals surface area contributed by atoms with Gasteiger partial charge in [-0.1, -0.05) is 32.0 Å². The molecule has 0 heterocycles. The van der Waals surface area contributed by atoms with Crippen molar-refractivity contribution < 1.29 is 14.3 Å². The predicted octanol–water partition coefficient (Wildman–Crippen LogP) is 1.69. The molecule has 0 aromatic heterocycles. The lowest BCUT2D eigenvalue weighted by Gasteiger charge is -2.18. The lowest BCUT2D eigenvalue weighted by Crippen LogP contribution is -2.36.